The maximum Gasteiger partial charge on any atom is 0.122 e. The van der Waals surface area contributed by atoms with Gasteiger partial charge in [0.15, 0.2) is 0 Å². The highest BCUT2D eigenvalue weighted by molar-refractivity contribution is 15.0. The molecule has 16 heavy (non-hydrogen) atoms. The zero-order valence-corrected chi connectivity index (χ0v) is 14.3. The van der Waals surface area contributed by atoms with E-state index >= 15 is 0 Å². The van der Waals surface area contributed by atoms with Crippen molar-refractivity contribution in [1.82, 2.24) is 0 Å². The van der Waals surface area contributed by atoms with E-state index in [4.69, 9.17) is 0 Å². The second kappa shape index (κ2) is 45.0. The van der Waals surface area contributed by atoms with Crippen LogP contribution in [0, 0.1) is 5.92 Å². The molecule has 0 saturated heterocycles. The lowest BCUT2D eigenvalue weighted by molar-refractivity contribution is -0.110. The van der Waals surface area contributed by atoms with Crippen molar-refractivity contribution in [1.29, 1.82) is 0 Å². The fourth-order valence-electron chi connectivity index (χ4n) is 0.118. The predicted molar refractivity (Wildman–Crippen MR) is 92.5 cm³/mol. The van der Waals surface area contributed by atoms with E-state index in [1.165, 1.54) is 0 Å². The molecular formula is C12H26I2O2. The third-order valence-electron chi connectivity index (χ3n) is 0.679. The number of rotatable bonds is 3. The van der Waals surface area contributed by atoms with Crippen molar-refractivity contribution in [3.05, 3.63) is 12.7 Å². The summed E-state index contributed by atoms with van der Waals surface area (Å²) in [5.74, 6) is 0.204. The Morgan fingerprint density at radius 2 is 1.50 bits per heavy atom. The molecule has 0 aliphatic rings. The molecule has 0 spiro atoms. The summed E-state index contributed by atoms with van der Waals surface area (Å²) >= 11 is 4.24. The molecule has 0 radical (unpaired) electrons. The van der Waals surface area contributed by atoms with Gasteiger partial charge in [-0.3, -0.25) is 0 Å². The van der Waals surface area contributed by atoms with Gasteiger partial charge in [0.1, 0.15) is 12.6 Å². The van der Waals surface area contributed by atoms with E-state index in [-0.39, 0.29) is 13.3 Å². The third kappa shape index (κ3) is 129. The van der Waals surface area contributed by atoms with Gasteiger partial charge in [0.25, 0.3) is 0 Å². The number of aldehydes is 2. The maximum atomic E-state index is 9.50. The van der Waals surface area contributed by atoms with Crippen LogP contribution in [0.1, 0.15) is 48.0 Å². The summed E-state index contributed by atoms with van der Waals surface area (Å²) in [6.07, 6.45) is 5.28. The van der Waals surface area contributed by atoms with Crippen LogP contribution in [-0.2, 0) is 9.59 Å². The first-order valence-corrected chi connectivity index (χ1v) is 11.0. The molecule has 4 heteroatoms. The fourth-order valence-corrected chi connectivity index (χ4v) is 0.118. The topological polar surface area (TPSA) is 34.1 Å². The SMILES string of the molecule is C.C=CC.CC(C)C=O.CCCC=O.II. The van der Waals surface area contributed by atoms with Gasteiger partial charge in [-0.25, -0.2) is 0 Å². The number of carbonyl (C=O) groups excluding carboxylic acids is 2. The van der Waals surface area contributed by atoms with Gasteiger partial charge in [-0.15, -0.1) is 6.58 Å². The number of carbonyl (C=O) groups is 2. The van der Waals surface area contributed by atoms with Crippen LogP contribution in [0.2, 0.25) is 0 Å². The summed E-state index contributed by atoms with van der Waals surface area (Å²) in [4.78, 5) is 18.9. The van der Waals surface area contributed by atoms with Crippen molar-refractivity contribution in [3.63, 3.8) is 0 Å². The van der Waals surface area contributed by atoms with Gasteiger partial charge >= 0.3 is 0 Å². The molecule has 0 unspecified atom stereocenters. The monoisotopic (exact) mass is 456 g/mol. The second-order valence-corrected chi connectivity index (χ2v) is 2.74. The Hall–Kier alpha value is 0.540. The van der Waals surface area contributed by atoms with Crippen molar-refractivity contribution in [2.45, 2.75) is 48.0 Å². The van der Waals surface area contributed by atoms with Crippen molar-refractivity contribution < 1.29 is 9.59 Å². The van der Waals surface area contributed by atoms with Crippen LogP contribution >= 0.6 is 37.2 Å². The molecule has 0 N–H and O–H groups in total. The lowest BCUT2D eigenvalue weighted by atomic mass is 10.3. The van der Waals surface area contributed by atoms with Crippen molar-refractivity contribution in [2.75, 3.05) is 0 Å². The third-order valence-corrected chi connectivity index (χ3v) is 0.679. The zero-order chi connectivity index (χ0) is 13.1. The molecule has 0 atom stereocenters. The number of unbranched alkanes of at least 4 members (excludes halogenated alkanes) is 1. The number of hydrogen-bond donors (Lipinski definition) is 0. The minimum Gasteiger partial charge on any atom is -0.303 e. The molecule has 100 valence electrons. The van der Waals surface area contributed by atoms with Crippen molar-refractivity contribution in [3.8, 4) is 0 Å². The summed E-state index contributed by atoms with van der Waals surface area (Å²) in [6.45, 7) is 10.9. The predicted octanol–water partition coefficient (Wildman–Crippen LogP) is 5.43. The van der Waals surface area contributed by atoms with Gasteiger partial charge in [0.2, 0.25) is 0 Å². The van der Waals surface area contributed by atoms with Crippen LogP contribution in [0.15, 0.2) is 12.7 Å². The molecule has 0 aromatic rings. The maximum absolute atomic E-state index is 9.50. The quantitative estimate of drug-likeness (QED) is 0.323. The fraction of sp³-hybridized carbons (Fsp3) is 0.667. The van der Waals surface area contributed by atoms with E-state index in [1.807, 2.05) is 27.7 Å². The van der Waals surface area contributed by atoms with E-state index in [9.17, 15) is 9.59 Å². The van der Waals surface area contributed by atoms with Crippen LogP contribution in [0.5, 0.6) is 0 Å². The first-order valence-electron chi connectivity index (χ1n) is 4.70. The molecule has 0 saturated carbocycles. The zero-order valence-electron chi connectivity index (χ0n) is 10.0. The average molecular weight is 456 g/mol. The van der Waals surface area contributed by atoms with Gasteiger partial charge in [-0.05, 0) is 13.3 Å². The second-order valence-electron chi connectivity index (χ2n) is 2.74. The normalized spacial score (nSPS) is 6.19. The van der Waals surface area contributed by atoms with Gasteiger partial charge < -0.3 is 9.59 Å². The molecule has 0 aromatic carbocycles. The standard InChI is InChI=1S/2C4H8O.C3H6.CH4.I2/c1-4(2)3-5;1-2-3-4-5;1-3-2;;1-2/h3-4H,1-2H3;4H,2-3H2,1H3;3H,1H2,2H3;1H4;. The Balaban J connectivity index is -0.0000000349. The minimum absolute atomic E-state index is 0. The van der Waals surface area contributed by atoms with E-state index in [0.717, 1.165) is 19.0 Å². The first-order chi connectivity index (χ1) is 7.10. The summed E-state index contributed by atoms with van der Waals surface area (Å²) < 4.78 is 0. The van der Waals surface area contributed by atoms with Crippen LogP contribution in [-0.4, -0.2) is 12.6 Å². The van der Waals surface area contributed by atoms with E-state index < -0.39 is 0 Å². The summed E-state index contributed by atoms with van der Waals surface area (Å²) in [7, 11) is 0. The Bertz CT molecular complexity index is 116. The van der Waals surface area contributed by atoms with Gasteiger partial charge in [-0.2, -0.15) is 0 Å². The van der Waals surface area contributed by atoms with Gasteiger partial charge in [0.05, 0.1) is 0 Å². The van der Waals surface area contributed by atoms with Crippen molar-refractivity contribution >= 4 is 49.8 Å². The summed E-state index contributed by atoms with van der Waals surface area (Å²) in [5, 5.41) is 0. The van der Waals surface area contributed by atoms with Crippen LogP contribution < -0.4 is 0 Å². The highest BCUT2D eigenvalue weighted by Crippen LogP contribution is 1.89. The molecule has 0 fully saturated rings. The lowest BCUT2D eigenvalue weighted by Gasteiger charge is -1.78. The van der Waals surface area contributed by atoms with Gasteiger partial charge in [-0.1, -0.05) is 34.3 Å². The van der Waals surface area contributed by atoms with Gasteiger partial charge in [0, 0.05) is 49.6 Å². The number of allylic oxidation sites excluding steroid dienone is 1. The first kappa shape index (κ1) is 30.0. The smallest absolute Gasteiger partial charge is 0.122 e. The molecular weight excluding hydrogens is 430 g/mol. The van der Waals surface area contributed by atoms with Crippen LogP contribution in [0.25, 0.3) is 0 Å². The highest BCUT2D eigenvalue weighted by atomic mass is 128. The number of halogens is 2. The minimum atomic E-state index is 0. The van der Waals surface area contributed by atoms with E-state index in [1.54, 1.807) is 6.08 Å². The number of hydrogen-bond acceptors (Lipinski definition) is 2. The van der Waals surface area contributed by atoms with E-state index in [2.05, 4.69) is 43.8 Å². The van der Waals surface area contributed by atoms with Crippen LogP contribution in [0.4, 0.5) is 0 Å². The lowest BCUT2D eigenvalue weighted by Crippen LogP contribution is -1.82. The van der Waals surface area contributed by atoms with Crippen molar-refractivity contribution in [2.24, 2.45) is 5.92 Å². The highest BCUT2D eigenvalue weighted by Gasteiger charge is 1.79. The Morgan fingerprint density at radius 3 is 1.50 bits per heavy atom. The largest absolute Gasteiger partial charge is 0.303 e. The molecule has 0 aromatic heterocycles. The summed E-state index contributed by atoms with van der Waals surface area (Å²) in [6, 6.07) is 0. The molecule has 0 aliphatic carbocycles. The Morgan fingerprint density at radius 1 is 1.25 bits per heavy atom. The Kier molecular flexibility index (Phi) is 84.4. The molecule has 2 nitrogen and oxygen atoms in total. The van der Waals surface area contributed by atoms with E-state index in [0.29, 0.717) is 6.42 Å². The molecule has 0 bridgehead atoms. The molecule has 0 rings (SSSR count). The average Bonchev–Trinajstić information content (AvgIpc) is 2.24. The molecule has 0 heterocycles. The molecule has 0 amide bonds. The van der Waals surface area contributed by atoms with Crippen LogP contribution in [0.3, 0.4) is 0 Å². The summed E-state index contributed by atoms with van der Waals surface area (Å²) in [5.41, 5.74) is 0. The Labute approximate surface area is 125 Å². The molecule has 0 aliphatic heterocycles.